The third-order valence-electron chi connectivity index (χ3n) is 5.83. The maximum Gasteiger partial charge on any atom is 0.128 e. The number of rotatable bonds is 7. The average Bonchev–Trinajstić information content (AvgIpc) is 3.32. The van der Waals surface area contributed by atoms with E-state index < -0.39 is 0 Å². The first-order valence-corrected chi connectivity index (χ1v) is 11.6. The van der Waals surface area contributed by atoms with Crippen LogP contribution < -0.4 is 4.74 Å². The van der Waals surface area contributed by atoms with E-state index in [-0.39, 0.29) is 12.6 Å². The Morgan fingerprint density at radius 2 is 1.94 bits per heavy atom. The minimum atomic E-state index is 0.175. The Hall–Kier alpha value is -3.37. The second-order valence-corrected chi connectivity index (χ2v) is 8.49. The second kappa shape index (κ2) is 11.7. The van der Waals surface area contributed by atoms with Gasteiger partial charge in [0.25, 0.3) is 0 Å². The molecule has 0 aliphatic carbocycles. The van der Waals surface area contributed by atoms with Crippen LogP contribution >= 0.6 is 11.6 Å². The maximum atomic E-state index is 9.46. The Balaban J connectivity index is 1.42. The van der Waals surface area contributed by atoms with Crippen LogP contribution in [0.15, 0.2) is 65.9 Å². The summed E-state index contributed by atoms with van der Waals surface area (Å²) in [5.41, 5.74) is 4.08. The van der Waals surface area contributed by atoms with Gasteiger partial charge in [-0.15, -0.1) is 0 Å². The highest BCUT2D eigenvalue weighted by Gasteiger charge is 2.23. The minimum absolute atomic E-state index is 0.175. The van der Waals surface area contributed by atoms with Gasteiger partial charge in [0.2, 0.25) is 0 Å². The van der Waals surface area contributed by atoms with Crippen LogP contribution in [0.2, 0.25) is 5.02 Å². The third-order valence-corrected chi connectivity index (χ3v) is 6.08. The van der Waals surface area contributed by atoms with Gasteiger partial charge in [0.1, 0.15) is 18.1 Å². The molecule has 1 atom stereocenters. The van der Waals surface area contributed by atoms with Gasteiger partial charge in [0.05, 0.1) is 12.8 Å². The predicted octanol–water partition coefficient (Wildman–Crippen LogP) is 4.45. The molecule has 7 heteroatoms. The van der Waals surface area contributed by atoms with Gasteiger partial charge in [0, 0.05) is 40.5 Å². The Kier molecular flexibility index (Phi) is 8.16. The fourth-order valence-corrected chi connectivity index (χ4v) is 4.13. The number of aliphatic hydroxyl groups is 1. The Labute approximate surface area is 204 Å². The van der Waals surface area contributed by atoms with Crippen molar-refractivity contribution in [2.75, 3.05) is 26.3 Å². The van der Waals surface area contributed by atoms with Gasteiger partial charge < -0.3 is 15.1 Å². The quantitative estimate of drug-likeness (QED) is 0.228. The van der Waals surface area contributed by atoms with Crippen LogP contribution in [0.4, 0.5) is 0 Å². The fraction of sp³-hybridized carbons (Fsp3) is 0.259. The van der Waals surface area contributed by atoms with E-state index in [4.69, 9.17) is 21.5 Å². The molecule has 0 radical (unpaired) electrons. The monoisotopic (exact) mass is 475 g/mol. The molecule has 174 valence electrons. The number of aromatic nitrogens is 1. The molecule has 2 aromatic carbocycles. The van der Waals surface area contributed by atoms with Crippen molar-refractivity contribution < 1.29 is 15.1 Å². The first kappa shape index (κ1) is 23.8. The van der Waals surface area contributed by atoms with Crippen molar-refractivity contribution in [3.63, 3.8) is 0 Å². The summed E-state index contributed by atoms with van der Waals surface area (Å²) in [5.74, 6) is 6.79. The van der Waals surface area contributed by atoms with Gasteiger partial charge in [-0.05, 0) is 67.3 Å². The normalized spacial score (nSPS) is 15.9. The van der Waals surface area contributed by atoms with E-state index in [1.54, 1.807) is 6.20 Å². The van der Waals surface area contributed by atoms with Gasteiger partial charge in [0.15, 0.2) is 0 Å². The molecule has 1 aromatic heterocycles. The molecule has 3 aromatic rings. The lowest BCUT2D eigenvalue weighted by Gasteiger charge is -2.22. The topological polar surface area (TPSA) is 78.2 Å². The van der Waals surface area contributed by atoms with Crippen molar-refractivity contribution >= 4 is 17.8 Å². The first-order chi connectivity index (χ1) is 16.7. The lowest BCUT2D eigenvalue weighted by Crippen LogP contribution is -2.35. The minimum Gasteiger partial charge on any atom is -0.492 e. The SMILES string of the molecule is OC[C@@H]1CCCN1CCOc1ccc(C#Cc2ccc(-c3ccc(Cl)cc3)cn2)cc1C=NO. The van der Waals surface area contributed by atoms with E-state index in [1.165, 1.54) is 6.21 Å². The number of halogens is 1. The van der Waals surface area contributed by atoms with Crippen molar-refractivity contribution in [1.29, 1.82) is 0 Å². The number of benzene rings is 2. The summed E-state index contributed by atoms with van der Waals surface area (Å²) < 4.78 is 5.93. The number of aliphatic hydroxyl groups excluding tert-OH is 1. The van der Waals surface area contributed by atoms with Crippen LogP contribution in [0, 0.1) is 11.8 Å². The lowest BCUT2D eigenvalue weighted by molar-refractivity contribution is 0.139. The highest BCUT2D eigenvalue weighted by molar-refractivity contribution is 6.30. The summed E-state index contributed by atoms with van der Waals surface area (Å²) in [6.07, 6.45) is 5.24. The number of pyridine rings is 1. The molecule has 0 saturated carbocycles. The van der Waals surface area contributed by atoms with E-state index in [1.807, 2.05) is 54.6 Å². The van der Waals surface area contributed by atoms with E-state index >= 15 is 0 Å². The zero-order valence-corrected chi connectivity index (χ0v) is 19.4. The number of likely N-dealkylation sites (tertiary alicyclic amines) is 1. The van der Waals surface area contributed by atoms with Crippen LogP contribution in [-0.2, 0) is 0 Å². The summed E-state index contributed by atoms with van der Waals surface area (Å²) in [7, 11) is 0. The summed E-state index contributed by atoms with van der Waals surface area (Å²) in [4.78, 5) is 6.68. The molecule has 2 heterocycles. The van der Waals surface area contributed by atoms with Crippen molar-refractivity contribution in [2.45, 2.75) is 18.9 Å². The molecule has 2 N–H and O–H groups in total. The molecule has 0 spiro atoms. The van der Waals surface area contributed by atoms with E-state index in [2.05, 4.69) is 26.9 Å². The average molecular weight is 476 g/mol. The maximum absolute atomic E-state index is 9.46. The van der Waals surface area contributed by atoms with Crippen molar-refractivity contribution in [3.05, 3.63) is 82.6 Å². The third kappa shape index (κ3) is 6.15. The molecule has 1 saturated heterocycles. The van der Waals surface area contributed by atoms with Gasteiger partial charge >= 0.3 is 0 Å². The Bertz CT molecular complexity index is 1180. The largest absolute Gasteiger partial charge is 0.492 e. The molecular formula is C27H26ClN3O3. The summed E-state index contributed by atoms with van der Waals surface area (Å²) in [6, 6.07) is 17.2. The zero-order valence-electron chi connectivity index (χ0n) is 18.7. The standard InChI is InChI=1S/C27H26ClN3O3/c28-24-8-5-21(6-9-24)22-7-11-25(29-17-22)10-3-20-4-12-27(23(16-20)18-30-33)34-15-14-31-13-1-2-26(31)19-32/h4-9,11-12,16-18,26,32-33H,1-2,13-15,19H2/t26-/m0/s1. The molecular weight excluding hydrogens is 450 g/mol. The fourth-order valence-electron chi connectivity index (χ4n) is 4.01. The van der Waals surface area contributed by atoms with Crippen molar-refractivity contribution in [1.82, 2.24) is 9.88 Å². The van der Waals surface area contributed by atoms with Gasteiger partial charge in [-0.1, -0.05) is 40.9 Å². The van der Waals surface area contributed by atoms with Crippen molar-refractivity contribution in [2.24, 2.45) is 5.16 Å². The van der Waals surface area contributed by atoms with Crippen LogP contribution in [0.3, 0.4) is 0 Å². The second-order valence-electron chi connectivity index (χ2n) is 8.05. The van der Waals surface area contributed by atoms with Crippen LogP contribution in [0.25, 0.3) is 11.1 Å². The van der Waals surface area contributed by atoms with Crippen LogP contribution in [0.1, 0.15) is 29.7 Å². The Morgan fingerprint density at radius 3 is 2.68 bits per heavy atom. The molecule has 0 unspecified atom stereocenters. The summed E-state index contributed by atoms with van der Waals surface area (Å²) in [5, 5.41) is 22.4. The smallest absolute Gasteiger partial charge is 0.128 e. The molecule has 6 nitrogen and oxygen atoms in total. The van der Waals surface area contributed by atoms with E-state index in [0.717, 1.165) is 42.6 Å². The van der Waals surface area contributed by atoms with Crippen molar-refractivity contribution in [3.8, 4) is 28.7 Å². The predicted molar refractivity (Wildman–Crippen MR) is 134 cm³/mol. The molecule has 1 aliphatic heterocycles. The molecule has 1 aliphatic rings. The summed E-state index contributed by atoms with van der Waals surface area (Å²) >= 11 is 5.95. The molecule has 4 rings (SSSR count). The molecule has 1 fully saturated rings. The Morgan fingerprint density at radius 1 is 1.12 bits per heavy atom. The highest BCUT2D eigenvalue weighted by Crippen LogP contribution is 2.22. The van der Waals surface area contributed by atoms with Crippen LogP contribution in [-0.4, -0.2) is 58.8 Å². The number of hydrogen-bond donors (Lipinski definition) is 2. The number of oxime groups is 1. The lowest BCUT2D eigenvalue weighted by atomic mass is 10.1. The zero-order chi connectivity index (χ0) is 23.8. The number of nitrogens with zero attached hydrogens (tertiary/aromatic N) is 3. The van der Waals surface area contributed by atoms with E-state index in [0.29, 0.717) is 28.6 Å². The van der Waals surface area contributed by atoms with Gasteiger partial charge in [-0.25, -0.2) is 4.98 Å². The molecule has 34 heavy (non-hydrogen) atoms. The van der Waals surface area contributed by atoms with Gasteiger partial charge in [-0.2, -0.15) is 0 Å². The first-order valence-electron chi connectivity index (χ1n) is 11.2. The van der Waals surface area contributed by atoms with Crippen LogP contribution in [0.5, 0.6) is 5.75 Å². The summed E-state index contributed by atoms with van der Waals surface area (Å²) in [6.45, 7) is 2.37. The molecule has 0 amide bonds. The van der Waals surface area contributed by atoms with E-state index in [9.17, 15) is 5.11 Å². The highest BCUT2D eigenvalue weighted by atomic mass is 35.5. The molecule has 0 bridgehead atoms. The number of ether oxygens (including phenoxy) is 1. The van der Waals surface area contributed by atoms with Gasteiger partial charge in [-0.3, -0.25) is 4.90 Å². The number of hydrogen-bond acceptors (Lipinski definition) is 6.